The van der Waals surface area contributed by atoms with Gasteiger partial charge in [-0.1, -0.05) is 29.3 Å². The summed E-state index contributed by atoms with van der Waals surface area (Å²) in [4.78, 5) is 12.3. The average molecular weight is 298 g/mol. The van der Waals surface area contributed by atoms with Crippen molar-refractivity contribution in [2.45, 2.75) is 25.7 Å². The van der Waals surface area contributed by atoms with Gasteiger partial charge in [0.1, 0.15) is 5.78 Å². The topological polar surface area (TPSA) is 29.1 Å². The highest BCUT2D eigenvalue weighted by molar-refractivity contribution is 6.42. The monoisotopic (exact) mass is 297 g/mol. The third-order valence-corrected chi connectivity index (χ3v) is 5.28. The number of ketones is 1. The molecule has 2 aliphatic rings. The Balaban J connectivity index is 1.64. The summed E-state index contributed by atoms with van der Waals surface area (Å²) in [7, 11) is 0. The quantitative estimate of drug-likeness (QED) is 0.925. The molecule has 1 atom stereocenters. The molecule has 102 valence electrons. The molecule has 0 radical (unpaired) electrons. The van der Waals surface area contributed by atoms with Gasteiger partial charge in [0.15, 0.2) is 0 Å². The highest BCUT2D eigenvalue weighted by Crippen LogP contribution is 2.59. The van der Waals surface area contributed by atoms with Gasteiger partial charge in [-0.15, -0.1) is 0 Å². The van der Waals surface area contributed by atoms with Gasteiger partial charge in [0.2, 0.25) is 0 Å². The minimum Gasteiger partial charge on any atom is -0.317 e. The molecule has 1 aromatic rings. The predicted octanol–water partition coefficient (Wildman–Crippen LogP) is 3.49. The lowest BCUT2D eigenvalue weighted by Crippen LogP contribution is -2.30. The fraction of sp³-hybridized carbons (Fsp3) is 0.533. The van der Waals surface area contributed by atoms with Crippen molar-refractivity contribution in [1.29, 1.82) is 0 Å². The van der Waals surface area contributed by atoms with E-state index in [0.717, 1.165) is 37.9 Å². The van der Waals surface area contributed by atoms with Crippen LogP contribution in [0.2, 0.25) is 10.0 Å². The maximum Gasteiger partial charge on any atom is 0.140 e. The molecule has 1 spiro atoms. The summed E-state index contributed by atoms with van der Waals surface area (Å²) in [6.45, 7) is 2.10. The van der Waals surface area contributed by atoms with E-state index in [0.29, 0.717) is 27.7 Å². The first-order chi connectivity index (χ1) is 9.11. The molecule has 0 aromatic heterocycles. The lowest BCUT2D eigenvalue weighted by molar-refractivity contribution is -0.120. The first-order valence-electron chi connectivity index (χ1n) is 6.78. The van der Waals surface area contributed by atoms with Crippen molar-refractivity contribution >= 4 is 29.0 Å². The number of piperidine rings is 1. The first kappa shape index (κ1) is 13.4. The molecular weight excluding hydrogens is 281 g/mol. The van der Waals surface area contributed by atoms with Crippen LogP contribution in [0.1, 0.15) is 24.8 Å². The minimum absolute atomic E-state index is 0.268. The summed E-state index contributed by atoms with van der Waals surface area (Å²) in [5.41, 5.74) is 1.29. The molecule has 3 rings (SSSR count). The lowest BCUT2D eigenvalue weighted by Gasteiger charge is -2.23. The van der Waals surface area contributed by atoms with Gasteiger partial charge in [-0.05, 0) is 55.5 Å². The summed E-state index contributed by atoms with van der Waals surface area (Å²) < 4.78 is 0. The van der Waals surface area contributed by atoms with Crippen LogP contribution in [0.5, 0.6) is 0 Å². The average Bonchev–Trinajstić information content (AvgIpc) is 3.08. The van der Waals surface area contributed by atoms with Crippen molar-refractivity contribution in [2.75, 3.05) is 13.1 Å². The summed E-state index contributed by atoms with van der Waals surface area (Å²) in [6, 6.07) is 5.46. The zero-order valence-electron chi connectivity index (χ0n) is 10.7. The Morgan fingerprint density at radius 2 is 2.00 bits per heavy atom. The molecular formula is C15H17Cl2NO. The van der Waals surface area contributed by atoms with E-state index in [-0.39, 0.29) is 5.92 Å². The van der Waals surface area contributed by atoms with Crippen molar-refractivity contribution in [3.8, 4) is 0 Å². The summed E-state index contributed by atoms with van der Waals surface area (Å²) in [5, 5.41) is 4.43. The number of hydrogen-bond acceptors (Lipinski definition) is 2. The molecule has 1 aliphatic heterocycles. The van der Waals surface area contributed by atoms with Gasteiger partial charge in [0, 0.05) is 12.3 Å². The maximum atomic E-state index is 12.3. The van der Waals surface area contributed by atoms with Crippen LogP contribution in [0, 0.1) is 11.3 Å². The van der Waals surface area contributed by atoms with Crippen LogP contribution in [0.15, 0.2) is 18.2 Å². The molecule has 2 fully saturated rings. The second-order valence-corrected chi connectivity index (χ2v) is 6.58. The summed E-state index contributed by atoms with van der Waals surface area (Å²) in [6.07, 6.45) is 3.85. The van der Waals surface area contributed by atoms with Gasteiger partial charge < -0.3 is 5.32 Å². The molecule has 0 amide bonds. The van der Waals surface area contributed by atoms with Gasteiger partial charge in [0.05, 0.1) is 10.0 Å². The van der Waals surface area contributed by atoms with Crippen molar-refractivity contribution < 1.29 is 4.79 Å². The molecule has 0 bridgehead atoms. The number of rotatable bonds is 3. The standard InChI is InChI=1S/C15H17Cl2NO/c16-12-2-1-10(7-13(12)17)8-14(19)11-9-15(11)3-5-18-6-4-15/h1-2,7,11,18H,3-6,8-9H2. The number of halogens is 2. The van der Waals surface area contributed by atoms with Gasteiger partial charge in [-0.3, -0.25) is 4.79 Å². The fourth-order valence-electron chi connectivity index (χ4n) is 3.25. The zero-order chi connectivity index (χ0) is 13.5. The Morgan fingerprint density at radius 3 is 2.68 bits per heavy atom. The van der Waals surface area contributed by atoms with Crippen molar-refractivity contribution in [1.82, 2.24) is 5.32 Å². The Labute approximate surface area is 123 Å². The summed E-state index contributed by atoms with van der Waals surface area (Å²) >= 11 is 11.9. The van der Waals surface area contributed by atoms with E-state index >= 15 is 0 Å². The predicted molar refractivity (Wildman–Crippen MR) is 77.8 cm³/mol. The van der Waals surface area contributed by atoms with Crippen molar-refractivity contribution in [2.24, 2.45) is 11.3 Å². The zero-order valence-corrected chi connectivity index (χ0v) is 12.2. The third-order valence-electron chi connectivity index (χ3n) is 4.54. The second-order valence-electron chi connectivity index (χ2n) is 5.76. The van der Waals surface area contributed by atoms with E-state index < -0.39 is 0 Å². The Morgan fingerprint density at radius 1 is 1.26 bits per heavy atom. The Kier molecular flexibility index (Phi) is 3.59. The van der Waals surface area contributed by atoms with E-state index in [1.165, 1.54) is 0 Å². The van der Waals surface area contributed by atoms with E-state index in [1.807, 2.05) is 6.07 Å². The Hall–Kier alpha value is -0.570. The number of nitrogens with one attached hydrogen (secondary N) is 1. The van der Waals surface area contributed by atoms with Crippen molar-refractivity contribution in [3.63, 3.8) is 0 Å². The van der Waals surface area contributed by atoms with Gasteiger partial charge in [-0.2, -0.15) is 0 Å². The largest absolute Gasteiger partial charge is 0.317 e. The van der Waals surface area contributed by atoms with E-state index in [2.05, 4.69) is 5.32 Å². The molecule has 1 saturated heterocycles. The molecule has 19 heavy (non-hydrogen) atoms. The summed E-state index contributed by atoms with van der Waals surface area (Å²) in [5.74, 6) is 0.629. The van der Waals surface area contributed by atoms with Crippen molar-refractivity contribution in [3.05, 3.63) is 33.8 Å². The van der Waals surface area contributed by atoms with Crippen LogP contribution in [0.3, 0.4) is 0 Å². The molecule has 2 nitrogen and oxygen atoms in total. The van der Waals surface area contributed by atoms with Crippen LogP contribution in [-0.2, 0) is 11.2 Å². The van der Waals surface area contributed by atoms with Crippen LogP contribution >= 0.6 is 23.2 Å². The molecule has 4 heteroatoms. The SMILES string of the molecule is O=C(Cc1ccc(Cl)c(Cl)c1)C1CC12CCNCC2. The number of carbonyl (C=O) groups is 1. The molecule has 1 heterocycles. The van der Waals surface area contributed by atoms with Gasteiger partial charge in [-0.25, -0.2) is 0 Å². The molecule has 1 saturated carbocycles. The van der Waals surface area contributed by atoms with E-state index in [1.54, 1.807) is 12.1 Å². The first-order valence-corrected chi connectivity index (χ1v) is 7.54. The maximum absolute atomic E-state index is 12.3. The highest BCUT2D eigenvalue weighted by Gasteiger charge is 2.56. The Bertz CT molecular complexity index is 509. The smallest absolute Gasteiger partial charge is 0.140 e. The van der Waals surface area contributed by atoms with E-state index in [4.69, 9.17) is 23.2 Å². The molecule has 1 N–H and O–H groups in total. The van der Waals surface area contributed by atoms with Crippen LogP contribution in [0.25, 0.3) is 0 Å². The number of carbonyl (C=O) groups excluding carboxylic acids is 1. The van der Waals surface area contributed by atoms with E-state index in [9.17, 15) is 4.79 Å². The van der Waals surface area contributed by atoms with Crippen LogP contribution in [0.4, 0.5) is 0 Å². The third kappa shape index (κ3) is 2.67. The van der Waals surface area contributed by atoms with Gasteiger partial charge in [0.25, 0.3) is 0 Å². The number of Topliss-reactive ketones (excluding diaryl/α,β-unsaturated/α-hetero) is 1. The highest BCUT2D eigenvalue weighted by atomic mass is 35.5. The van der Waals surface area contributed by atoms with Gasteiger partial charge >= 0.3 is 0 Å². The second kappa shape index (κ2) is 5.08. The molecule has 1 unspecified atom stereocenters. The number of hydrogen-bond donors (Lipinski definition) is 1. The van der Waals surface area contributed by atoms with Crippen LogP contribution < -0.4 is 5.32 Å². The molecule has 1 aromatic carbocycles. The number of benzene rings is 1. The van der Waals surface area contributed by atoms with Crippen LogP contribution in [-0.4, -0.2) is 18.9 Å². The minimum atomic E-state index is 0.268. The fourth-order valence-corrected chi connectivity index (χ4v) is 3.57. The molecule has 1 aliphatic carbocycles. The lowest BCUT2D eigenvalue weighted by atomic mass is 9.89. The normalized spacial score (nSPS) is 24.4.